The van der Waals surface area contributed by atoms with Crippen molar-refractivity contribution in [3.8, 4) is 0 Å². The van der Waals surface area contributed by atoms with Crippen molar-refractivity contribution < 1.29 is 9.84 Å². The molecule has 0 aliphatic rings. The molecule has 2 nitrogen and oxygen atoms in total. The molecule has 0 saturated carbocycles. The molecule has 0 radical (unpaired) electrons. The van der Waals surface area contributed by atoms with E-state index < -0.39 is 5.60 Å². The quantitative estimate of drug-likeness (QED) is 0.669. The highest BCUT2D eigenvalue weighted by molar-refractivity contribution is 4.77. The van der Waals surface area contributed by atoms with Crippen molar-refractivity contribution in [1.29, 1.82) is 0 Å². The van der Waals surface area contributed by atoms with Crippen LogP contribution in [0.4, 0.5) is 0 Å². The first-order chi connectivity index (χ1) is 5.52. The molecule has 0 fully saturated rings. The van der Waals surface area contributed by atoms with E-state index in [-0.39, 0.29) is 6.10 Å². The summed E-state index contributed by atoms with van der Waals surface area (Å²) in [5.74, 6) is 0. The molecule has 0 amide bonds. The van der Waals surface area contributed by atoms with Crippen LogP contribution in [0.25, 0.3) is 0 Å². The summed E-state index contributed by atoms with van der Waals surface area (Å²) >= 11 is 0. The van der Waals surface area contributed by atoms with Gasteiger partial charge in [0.05, 0.1) is 11.7 Å². The fourth-order valence-corrected chi connectivity index (χ4v) is 1.23. The Labute approximate surface area is 75.9 Å². The lowest BCUT2D eigenvalue weighted by atomic mass is 9.97. The summed E-state index contributed by atoms with van der Waals surface area (Å²) < 4.78 is 5.46. The van der Waals surface area contributed by atoms with Gasteiger partial charge in [-0.05, 0) is 27.2 Å². The van der Waals surface area contributed by atoms with E-state index in [2.05, 4.69) is 6.92 Å². The van der Waals surface area contributed by atoms with E-state index in [1.807, 2.05) is 20.8 Å². The van der Waals surface area contributed by atoms with E-state index in [9.17, 15) is 5.11 Å². The summed E-state index contributed by atoms with van der Waals surface area (Å²) in [5, 5.41) is 9.71. The zero-order chi connectivity index (χ0) is 9.61. The van der Waals surface area contributed by atoms with Crippen LogP contribution < -0.4 is 0 Å². The van der Waals surface area contributed by atoms with Crippen molar-refractivity contribution >= 4 is 0 Å². The summed E-state index contributed by atoms with van der Waals surface area (Å²) in [4.78, 5) is 0. The van der Waals surface area contributed by atoms with Gasteiger partial charge >= 0.3 is 0 Å². The number of hydrogen-bond donors (Lipinski definition) is 1. The maximum absolute atomic E-state index is 9.71. The molecule has 12 heavy (non-hydrogen) atoms. The molecule has 0 rings (SSSR count). The fraction of sp³-hybridized carbons (Fsp3) is 1.00. The van der Waals surface area contributed by atoms with Crippen molar-refractivity contribution in [3.05, 3.63) is 0 Å². The van der Waals surface area contributed by atoms with Gasteiger partial charge in [0, 0.05) is 6.61 Å². The molecule has 0 aliphatic carbocycles. The Morgan fingerprint density at radius 3 is 2.25 bits per heavy atom. The predicted molar refractivity (Wildman–Crippen MR) is 51.2 cm³/mol. The van der Waals surface area contributed by atoms with Crippen molar-refractivity contribution in [1.82, 2.24) is 0 Å². The molecule has 1 N–H and O–H groups in total. The van der Waals surface area contributed by atoms with Crippen LogP contribution in [0.2, 0.25) is 0 Å². The third-order valence-corrected chi connectivity index (χ3v) is 1.98. The van der Waals surface area contributed by atoms with Crippen LogP contribution >= 0.6 is 0 Å². The Morgan fingerprint density at radius 1 is 1.33 bits per heavy atom. The lowest BCUT2D eigenvalue weighted by Gasteiger charge is -2.28. The average molecular weight is 174 g/mol. The fourth-order valence-electron chi connectivity index (χ4n) is 1.23. The first-order valence-corrected chi connectivity index (χ1v) is 4.86. The Balaban J connectivity index is 3.86. The first-order valence-electron chi connectivity index (χ1n) is 4.86. The molecule has 0 saturated heterocycles. The summed E-state index contributed by atoms with van der Waals surface area (Å²) in [6, 6.07) is 0. The second-order valence-corrected chi connectivity index (χ2v) is 3.74. The van der Waals surface area contributed by atoms with E-state index in [0.29, 0.717) is 6.61 Å². The number of unbranched alkanes of at least 4 members (excludes halogenated alkanes) is 1. The van der Waals surface area contributed by atoms with E-state index in [0.717, 1.165) is 19.3 Å². The standard InChI is InChI=1S/C10H22O2/c1-5-7-8-9(12-6-2)10(3,4)11/h9,11H,5-8H2,1-4H3. The molecule has 0 aromatic rings. The molecule has 0 heterocycles. The Bertz CT molecular complexity index is 105. The van der Waals surface area contributed by atoms with Crippen LogP contribution in [0.3, 0.4) is 0 Å². The minimum Gasteiger partial charge on any atom is -0.388 e. The van der Waals surface area contributed by atoms with Crippen LogP contribution in [-0.4, -0.2) is 23.4 Å². The second kappa shape index (κ2) is 5.55. The molecule has 2 heteroatoms. The van der Waals surface area contributed by atoms with Gasteiger partial charge in [-0.3, -0.25) is 0 Å². The van der Waals surface area contributed by atoms with Crippen LogP contribution in [0.1, 0.15) is 47.0 Å². The lowest BCUT2D eigenvalue weighted by Crippen LogP contribution is -2.38. The van der Waals surface area contributed by atoms with Gasteiger partial charge in [-0.2, -0.15) is 0 Å². The lowest BCUT2D eigenvalue weighted by molar-refractivity contribution is -0.0887. The molecule has 0 spiro atoms. The Hall–Kier alpha value is -0.0800. The van der Waals surface area contributed by atoms with Gasteiger partial charge in [0.1, 0.15) is 0 Å². The number of hydrogen-bond acceptors (Lipinski definition) is 2. The summed E-state index contributed by atoms with van der Waals surface area (Å²) in [7, 11) is 0. The molecular formula is C10H22O2. The predicted octanol–water partition coefficient (Wildman–Crippen LogP) is 2.35. The van der Waals surface area contributed by atoms with Gasteiger partial charge in [0.25, 0.3) is 0 Å². The highest BCUT2D eigenvalue weighted by Gasteiger charge is 2.26. The van der Waals surface area contributed by atoms with Crippen LogP contribution in [0.5, 0.6) is 0 Å². The van der Waals surface area contributed by atoms with Crippen LogP contribution in [-0.2, 0) is 4.74 Å². The minimum absolute atomic E-state index is 0.0116. The van der Waals surface area contributed by atoms with E-state index in [1.54, 1.807) is 0 Å². The summed E-state index contributed by atoms with van der Waals surface area (Å²) in [5.41, 5.74) is -0.703. The maximum atomic E-state index is 9.71. The number of ether oxygens (including phenoxy) is 1. The zero-order valence-corrected chi connectivity index (χ0v) is 8.76. The molecule has 1 unspecified atom stereocenters. The SMILES string of the molecule is CCCCC(OCC)C(C)(C)O. The summed E-state index contributed by atoms with van der Waals surface area (Å²) in [6.07, 6.45) is 3.21. The second-order valence-electron chi connectivity index (χ2n) is 3.74. The molecule has 74 valence electrons. The van der Waals surface area contributed by atoms with Gasteiger partial charge in [0.2, 0.25) is 0 Å². The van der Waals surface area contributed by atoms with E-state index in [4.69, 9.17) is 4.74 Å². The molecular weight excluding hydrogens is 152 g/mol. The first kappa shape index (κ1) is 11.9. The average Bonchev–Trinajstić information content (AvgIpc) is 1.95. The highest BCUT2D eigenvalue weighted by Crippen LogP contribution is 2.18. The zero-order valence-electron chi connectivity index (χ0n) is 8.76. The molecule has 0 aromatic heterocycles. The third-order valence-electron chi connectivity index (χ3n) is 1.98. The van der Waals surface area contributed by atoms with Gasteiger partial charge in [0.15, 0.2) is 0 Å². The van der Waals surface area contributed by atoms with Gasteiger partial charge < -0.3 is 9.84 Å². The molecule has 1 atom stereocenters. The van der Waals surface area contributed by atoms with Crippen molar-refractivity contribution in [2.75, 3.05) is 6.61 Å². The van der Waals surface area contributed by atoms with Gasteiger partial charge in [-0.1, -0.05) is 19.8 Å². The van der Waals surface area contributed by atoms with E-state index >= 15 is 0 Å². The van der Waals surface area contributed by atoms with Crippen LogP contribution in [0, 0.1) is 0 Å². The van der Waals surface area contributed by atoms with Crippen molar-refractivity contribution in [2.24, 2.45) is 0 Å². The summed E-state index contributed by atoms with van der Waals surface area (Å²) in [6.45, 7) is 8.41. The Morgan fingerprint density at radius 2 is 1.92 bits per heavy atom. The largest absolute Gasteiger partial charge is 0.388 e. The Kier molecular flexibility index (Phi) is 5.51. The monoisotopic (exact) mass is 174 g/mol. The number of aliphatic hydroxyl groups is 1. The van der Waals surface area contributed by atoms with Gasteiger partial charge in [-0.15, -0.1) is 0 Å². The molecule has 0 bridgehead atoms. The maximum Gasteiger partial charge on any atom is 0.0856 e. The van der Waals surface area contributed by atoms with Crippen molar-refractivity contribution in [3.63, 3.8) is 0 Å². The van der Waals surface area contributed by atoms with Crippen molar-refractivity contribution in [2.45, 2.75) is 58.7 Å². The van der Waals surface area contributed by atoms with E-state index in [1.165, 1.54) is 0 Å². The molecule has 0 aliphatic heterocycles. The minimum atomic E-state index is -0.703. The number of rotatable bonds is 6. The van der Waals surface area contributed by atoms with Crippen LogP contribution in [0.15, 0.2) is 0 Å². The third kappa shape index (κ3) is 4.73. The topological polar surface area (TPSA) is 29.5 Å². The highest BCUT2D eigenvalue weighted by atomic mass is 16.5. The smallest absolute Gasteiger partial charge is 0.0856 e. The normalized spacial score (nSPS) is 14.8. The van der Waals surface area contributed by atoms with Gasteiger partial charge in [-0.25, -0.2) is 0 Å². The molecule has 0 aromatic carbocycles.